The number of rotatable bonds is 5. The molecule has 0 aromatic heterocycles. The monoisotopic (exact) mass is 435 g/mol. The number of ether oxygens (including phenoxy) is 1. The van der Waals surface area contributed by atoms with Crippen LogP contribution in [0.25, 0.3) is 0 Å². The predicted molar refractivity (Wildman–Crippen MR) is 107 cm³/mol. The molecule has 1 saturated heterocycles. The van der Waals surface area contributed by atoms with Crippen molar-refractivity contribution >= 4 is 41.7 Å². The highest BCUT2D eigenvalue weighted by atomic mass is 127. The highest BCUT2D eigenvalue weighted by Crippen LogP contribution is 2.25. The average molecular weight is 435 g/mol. The van der Waals surface area contributed by atoms with E-state index < -0.39 is 0 Å². The van der Waals surface area contributed by atoms with Gasteiger partial charge in [-0.1, -0.05) is 6.07 Å². The first-order valence-corrected chi connectivity index (χ1v) is 8.47. The Labute approximate surface area is 154 Å². The number of nitrogens with zero attached hydrogens (tertiary/aromatic N) is 1. The molecule has 0 bridgehead atoms. The van der Waals surface area contributed by atoms with E-state index in [0.717, 1.165) is 30.0 Å². The minimum Gasteiger partial charge on any atom is -0.497 e. The van der Waals surface area contributed by atoms with Crippen LogP contribution in [0.2, 0.25) is 0 Å². The molecule has 1 aliphatic heterocycles. The Hall–Kier alpha value is -0.630. The molecule has 1 unspecified atom stereocenters. The molecule has 0 aliphatic carbocycles. The highest BCUT2D eigenvalue weighted by Gasteiger charge is 2.15. The van der Waals surface area contributed by atoms with E-state index in [4.69, 9.17) is 4.74 Å². The fourth-order valence-corrected chi connectivity index (χ4v) is 3.67. The van der Waals surface area contributed by atoms with Crippen LogP contribution >= 0.6 is 35.7 Å². The number of aliphatic imine (C=N–C) groups is 1. The summed E-state index contributed by atoms with van der Waals surface area (Å²) in [6.45, 7) is 3.81. The third-order valence-electron chi connectivity index (χ3n) is 3.55. The molecule has 4 nitrogen and oxygen atoms in total. The van der Waals surface area contributed by atoms with Gasteiger partial charge in [-0.15, -0.1) is 24.0 Å². The third-order valence-corrected chi connectivity index (χ3v) is 4.95. The maximum absolute atomic E-state index is 5.31. The van der Waals surface area contributed by atoms with Crippen LogP contribution in [0.5, 0.6) is 5.75 Å². The van der Waals surface area contributed by atoms with Crippen LogP contribution in [-0.2, 0) is 6.54 Å². The van der Waals surface area contributed by atoms with Gasteiger partial charge in [-0.25, -0.2) is 0 Å². The van der Waals surface area contributed by atoms with Crippen molar-refractivity contribution in [1.29, 1.82) is 0 Å². The molecular formula is C16H26IN3OS. The SMILES string of the molecule is CN=C(NCc1cc(C)cc(OC)c1)NCC1CCCS1.I. The first kappa shape index (κ1) is 19.4. The van der Waals surface area contributed by atoms with Crippen molar-refractivity contribution < 1.29 is 4.74 Å². The first-order valence-electron chi connectivity index (χ1n) is 7.42. The van der Waals surface area contributed by atoms with E-state index in [1.165, 1.54) is 29.7 Å². The van der Waals surface area contributed by atoms with Crippen LogP contribution < -0.4 is 15.4 Å². The Morgan fingerprint density at radius 1 is 1.36 bits per heavy atom. The van der Waals surface area contributed by atoms with Gasteiger partial charge in [0.05, 0.1) is 7.11 Å². The third kappa shape index (κ3) is 6.24. The van der Waals surface area contributed by atoms with Gasteiger partial charge in [-0.05, 0) is 48.8 Å². The highest BCUT2D eigenvalue weighted by molar-refractivity contribution is 14.0. The van der Waals surface area contributed by atoms with Gasteiger partial charge in [-0.3, -0.25) is 4.99 Å². The van der Waals surface area contributed by atoms with Crippen LogP contribution in [0.15, 0.2) is 23.2 Å². The zero-order chi connectivity index (χ0) is 15.1. The summed E-state index contributed by atoms with van der Waals surface area (Å²) in [5.74, 6) is 3.06. The van der Waals surface area contributed by atoms with E-state index in [-0.39, 0.29) is 24.0 Å². The molecule has 2 N–H and O–H groups in total. The number of aryl methyl sites for hydroxylation is 1. The van der Waals surface area contributed by atoms with Gasteiger partial charge in [-0.2, -0.15) is 11.8 Å². The first-order chi connectivity index (χ1) is 10.2. The molecule has 22 heavy (non-hydrogen) atoms. The molecule has 6 heteroatoms. The van der Waals surface area contributed by atoms with Crippen LogP contribution in [0.1, 0.15) is 24.0 Å². The largest absolute Gasteiger partial charge is 0.497 e. The lowest BCUT2D eigenvalue weighted by atomic mass is 10.1. The van der Waals surface area contributed by atoms with Gasteiger partial charge in [0.15, 0.2) is 5.96 Å². The standard InChI is InChI=1S/C16H25N3OS.HI/c1-12-7-13(9-14(8-12)20-3)10-18-16(17-2)19-11-15-5-4-6-21-15;/h7-9,15H,4-6,10-11H2,1-3H3,(H2,17,18,19);1H. The van der Waals surface area contributed by atoms with Gasteiger partial charge >= 0.3 is 0 Å². The van der Waals surface area contributed by atoms with Gasteiger partial charge in [0, 0.05) is 25.4 Å². The van der Waals surface area contributed by atoms with E-state index in [1.807, 2.05) is 13.1 Å². The average Bonchev–Trinajstić information content (AvgIpc) is 3.00. The minimum absolute atomic E-state index is 0. The summed E-state index contributed by atoms with van der Waals surface area (Å²) in [4.78, 5) is 4.28. The Morgan fingerprint density at radius 3 is 2.82 bits per heavy atom. The van der Waals surface area contributed by atoms with Crippen molar-refractivity contribution in [2.45, 2.75) is 31.6 Å². The fraction of sp³-hybridized carbons (Fsp3) is 0.562. The zero-order valence-electron chi connectivity index (χ0n) is 13.5. The van der Waals surface area contributed by atoms with Crippen molar-refractivity contribution in [2.24, 2.45) is 4.99 Å². The Balaban J connectivity index is 0.00000242. The molecular weight excluding hydrogens is 409 g/mol. The fourth-order valence-electron chi connectivity index (χ4n) is 2.47. The molecule has 1 aromatic carbocycles. The molecule has 0 amide bonds. The summed E-state index contributed by atoms with van der Waals surface area (Å²) in [5.41, 5.74) is 2.40. The van der Waals surface area contributed by atoms with Gasteiger partial charge < -0.3 is 15.4 Å². The lowest BCUT2D eigenvalue weighted by molar-refractivity contribution is 0.414. The molecule has 1 aromatic rings. The number of hydrogen-bond donors (Lipinski definition) is 2. The number of halogens is 1. The van der Waals surface area contributed by atoms with Crippen molar-refractivity contribution in [2.75, 3.05) is 26.5 Å². The van der Waals surface area contributed by atoms with Crippen LogP contribution in [0, 0.1) is 6.92 Å². The van der Waals surface area contributed by atoms with Gasteiger partial charge in [0.1, 0.15) is 5.75 Å². The smallest absolute Gasteiger partial charge is 0.191 e. The molecule has 0 spiro atoms. The topological polar surface area (TPSA) is 45.7 Å². The number of benzene rings is 1. The molecule has 1 atom stereocenters. The molecule has 0 saturated carbocycles. The van der Waals surface area contributed by atoms with Crippen LogP contribution in [-0.4, -0.2) is 37.7 Å². The predicted octanol–water partition coefficient (Wildman–Crippen LogP) is 3.18. The minimum atomic E-state index is 0. The lowest BCUT2D eigenvalue weighted by Crippen LogP contribution is -2.39. The van der Waals surface area contributed by atoms with Crippen LogP contribution in [0.3, 0.4) is 0 Å². The maximum atomic E-state index is 5.31. The lowest BCUT2D eigenvalue weighted by Gasteiger charge is -2.15. The van der Waals surface area contributed by atoms with Crippen molar-refractivity contribution in [3.8, 4) is 5.75 Å². The van der Waals surface area contributed by atoms with E-state index in [9.17, 15) is 0 Å². The number of thioether (sulfide) groups is 1. The second-order valence-electron chi connectivity index (χ2n) is 5.30. The number of nitrogens with one attached hydrogen (secondary N) is 2. The second kappa shape index (κ2) is 10.2. The summed E-state index contributed by atoms with van der Waals surface area (Å²) in [5, 5.41) is 7.50. The molecule has 2 rings (SSSR count). The molecule has 1 heterocycles. The number of guanidine groups is 1. The zero-order valence-corrected chi connectivity index (χ0v) is 16.7. The summed E-state index contributed by atoms with van der Waals surface area (Å²) in [6.07, 6.45) is 2.65. The number of methoxy groups -OCH3 is 1. The Morgan fingerprint density at radius 2 is 2.18 bits per heavy atom. The second-order valence-corrected chi connectivity index (χ2v) is 6.71. The normalized spacial score (nSPS) is 17.8. The Kier molecular flexibility index (Phi) is 9.00. The van der Waals surface area contributed by atoms with Crippen molar-refractivity contribution in [3.05, 3.63) is 29.3 Å². The summed E-state index contributed by atoms with van der Waals surface area (Å²) < 4.78 is 5.31. The van der Waals surface area contributed by atoms with E-state index in [0.29, 0.717) is 0 Å². The summed E-state index contributed by atoms with van der Waals surface area (Å²) >= 11 is 2.05. The Bertz CT molecular complexity index is 490. The van der Waals surface area contributed by atoms with Gasteiger partial charge in [0.25, 0.3) is 0 Å². The summed E-state index contributed by atoms with van der Waals surface area (Å²) in [7, 11) is 3.51. The van der Waals surface area contributed by atoms with E-state index in [1.54, 1.807) is 7.11 Å². The van der Waals surface area contributed by atoms with E-state index >= 15 is 0 Å². The molecule has 0 radical (unpaired) electrons. The maximum Gasteiger partial charge on any atom is 0.191 e. The van der Waals surface area contributed by atoms with Crippen molar-refractivity contribution in [1.82, 2.24) is 10.6 Å². The van der Waals surface area contributed by atoms with Crippen molar-refractivity contribution in [3.63, 3.8) is 0 Å². The van der Waals surface area contributed by atoms with E-state index in [2.05, 4.69) is 46.4 Å². The quantitative estimate of drug-likeness (QED) is 0.424. The summed E-state index contributed by atoms with van der Waals surface area (Å²) in [6, 6.07) is 6.25. The van der Waals surface area contributed by atoms with Gasteiger partial charge in [0.2, 0.25) is 0 Å². The van der Waals surface area contributed by atoms with Crippen LogP contribution in [0.4, 0.5) is 0 Å². The molecule has 1 fully saturated rings. The molecule has 124 valence electrons. The molecule has 1 aliphatic rings. The number of hydrogen-bond acceptors (Lipinski definition) is 3.